The molecule has 1 fully saturated rings. The first-order valence-corrected chi connectivity index (χ1v) is 4.94. The summed E-state index contributed by atoms with van der Waals surface area (Å²) in [5.74, 6) is 0.606. The molecule has 2 heteroatoms. The number of hydrogen-bond donors (Lipinski definition) is 1. The SMILES string of the molecule is C=C(C)C(O)C1C(C)OC(C)C1C. The fourth-order valence-corrected chi connectivity index (χ4v) is 2.17. The maximum atomic E-state index is 9.91. The lowest BCUT2D eigenvalue weighted by Crippen LogP contribution is -2.31. The molecule has 0 aliphatic carbocycles. The summed E-state index contributed by atoms with van der Waals surface area (Å²) in [5, 5.41) is 9.91. The summed E-state index contributed by atoms with van der Waals surface area (Å²) in [6.45, 7) is 11.9. The zero-order valence-electron chi connectivity index (χ0n) is 8.95. The number of rotatable bonds is 2. The first-order valence-electron chi connectivity index (χ1n) is 4.94. The molecule has 0 amide bonds. The minimum absolute atomic E-state index is 0.136. The van der Waals surface area contributed by atoms with Crippen molar-refractivity contribution in [2.75, 3.05) is 0 Å². The van der Waals surface area contributed by atoms with Crippen LogP contribution in [-0.2, 0) is 4.74 Å². The van der Waals surface area contributed by atoms with Gasteiger partial charge in [-0.25, -0.2) is 0 Å². The average molecular weight is 184 g/mol. The van der Waals surface area contributed by atoms with E-state index in [4.69, 9.17) is 4.74 Å². The van der Waals surface area contributed by atoms with Crippen molar-refractivity contribution in [1.82, 2.24) is 0 Å². The predicted octanol–water partition coefficient (Wildman–Crippen LogP) is 1.98. The van der Waals surface area contributed by atoms with E-state index in [0.717, 1.165) is 5.57 Å². The third-order valence-corrected chi connectivity index (χ3v) is 3.19. The molecule has 2 nitrogen and oxygen atoms in total. The molecule has 13 heavy (non-hydrogen) atoms. The Labute approximate surface area is 80.6 Å². The Balaban J connectivity index is 2.73. The summed E-state index contributed by atoms with van der Waals surface area (Å²) in [5.41, 5.74) is 0.835. The maximum absolute atomic E-state index is 9.91. The van der Waals surface area contributed by atoms with Gasteiger partial charge in [-0.1, -0.05) is 19.1 Å². The van der Waals surface area contributed by atoms with E-state index in [1.165, 1.54) is 0 Å². The highest BCUT2D eigenvalue weighted by Crippen LogP contribution is 2.36. The molecule has 5 unspecified atom stereocenters. The van der Waals surface area contributed by atoms with Crippen molar-refractivity contribution in [2.24, 2.45) is 11.8 Å². The molecule has 0 saturated carbocycles. The molecule has 0 aromatic carbocycles. The Morgan fingerprint density at radius 1 is 1.31 bits per heavy atom. The predicted molar refractivity (Wildman–Crippen MR) is 53.5 cm³/mol. The number of aliphatic hydroxyl groups is 1. The van der Waals surface area contributed by atoms with Gasteiger partial charge in [0.25, 0.3) is 0 Å². The van der Waals surface area contributed by atoms with Crippen molar-refractivity contribution in [3.05, 3.63) is 12.2 Å². The molecule has 0 aromatic rings. The third-order valence-electron chi connectivity index (χ3n) is 3.19. The summed E-state index contributed by atoms with van der Waals surface area (Å²) in [4.78, 5) is 0. The fourth-order valence-electron chi connectivity index (χ4n) is 2.17. The summed E-state index contributed by atoms with van der Waals surface area (Å²) < 4.78 is 5.66. The second-order valence-electron chi connectivity index (χ2n) is 4.27. The lowest BCUT2D eigenvalue weighted by Gasteiger charge is -2.24. The van der Waals surface area contributed by atoms with Gasteiger partial charge in [0.2, 0.25) is 0 Å². The quantitative estimate of drug-likeness (QED) is 0.665. The molecule has 1 heterocycles. The first kappa shape index (κ1) is 10.7. The number of aliphatic hydroxyl groups excluding tert-OH is 1. The molecule has 0 aromatic heterocycles. The van der Waals surface area contributed by atoms with E-state index in [-0.39, 0.29) is 18.1 Å². The lowest BCUT2D eigenvalue weighted by molar-refractivity contribution is 0.0331. The molecule has 1 rings (SSSR count). The van der Waals surface area contributed by atoms with Crippen molar-refractivity contribution in [3.63, 3.8) is 0 Å². The molecule has 0 spiro atoms. The Morgan fingerprint density at radius 2 is 1.85 bits per heavy atom. The van der Waals surface area contributed by atoms with Crippen LogP contribution in [0.25, 0.3) is 0 Å². The van der Waals surface area contributed by atoms with Gasteiger partial charge >= 0.3 is 0 Å². The monoisotopic (exact) mass is 184 g/mol. The van der Waals surface area contributed by atoms with E-state index < -0.39 is 6.10 Å². The number of hydrogen-bond acceptors (Lipinski definition) is 2. The maximum Gasteiger partial charge on any atom is 0.0801 e. The second-order valence-corrected chi connectivity index (χ2v) is 4.27. The normalized spacial score (nSPS) is 41.9. The molecule has 1 aliphatic heterocycles. The summed E-state index contributed by atoms with van der Waals surface area (Å²) >= 11 is 0. The first-order chi connectivity index (χ1) is 5.95. The molecule has 0 bridgehead atoms. The van der Waals surface area contributed by atoms with Crippen LogP contribution >= 0.6 is 0 Å². The van der Waals surface area contributed by atoms with Crippen LogP contribution in [0.4, 0.5) is 0 Å². The van der Waals surface area contributed by atoms with Gasteiger partial charge < -0.3 is 9.84 Å². The Bertz CT molecular complexity index is 200. The van der Waals surface area contributed by atoms with E-state index in [2.05, 4.69) is 20.4 Å². The molecule has 0 radical (unpaired) electrons. The molecule has 1 aliphatic rings. The largest absolute Gasteiger partial charge is 0.388 e. The van der Waals surface area contributed by atoms with Gasteiger partial charge in [0.15, 0.2) is 0 Å². The molecular weight excluding hydrogens is 164 g/mol. The van der Waals surface area contributed by atoms with E-state index in [1.54, 1.807) is 0 Å². The van der Waals surface area contributed by atoms with Crippen molar-refractivity contribution in [3.8, 4) is 0 Å². The minimum Gasteiger partial charge on any atom is -0.388 e. The third kappa shape index (κ3) is 1.94. The minimum atomic E-state index is -0.421. The van der Waals surface area contributed by atoms with Crippen molar-refractivity contribution < 1.29 is 9.84 Å². The second kappa shape index (κ2) is 3.81. The van der Waals surface area contributed by atoms with Crippen LogP contribution in [0.5, 0.6) is 0 Å². The molecule has 1 N–H and O–H groups in total. The molecule has 5 atom stereocenters. The van der Waals surface area contributed by atoms with Crippen LogP contribution in [0.15, 0.2) is 12.2 Å². The van der Waals surface area contributed by atoms with E-state index in [0.29, 0.717) is 5.92 Å². The Morgan fingerprint density at radius 3 is 2.15 bits per heavy atom. The zero-order valence-corrected chi connectivity index (χ0v) is 8.95. The Hall–Kier alpha value is -0.340. The van der Waals surface area contributed by atoms with Crippen LogP contribution in [0.3, 0.4) is 0 Å². The van der Waals surface area contributed by atoms with Crippen LogP contribution in [0.1, 0.15) is 27.7 Å². The standard InChI is InChI=1S/C11H20O2/c1-6(2)11(12)10-7(3)8(4)13-9(10)5/h7-12H,1H2,2-5H3. The van der Waals surface area contributed by atoms with Crippen LogP contribution < -0.4 is 0 Å². The summed E-state index contributed by atoms with van der Waals surface area (Å²) in [7, 11) is 0. The zero-order chi connectivity index (χ0) is 10.2. The van der Waals surface area contributed by atoms with Crippen molar-refractivity contribution in [1.29, 1.82) is 0 Å². The highest BCUT2D eigenvalue weighted by Gasteiger charge is 2.41. The molecule has 1 saturated heterocycles. The van der Waals surface area contributed by atoms with Gasteiger partial charge in [0, 0.05) is 5.92 Å². The lowest BCUT2D eigenvalue weighted by atomic mass is 9.83. The van der Waals surface area contributed by atoms with E-state index in [1.807, 2.05) is 13.8 Å². The Kier molecular flexibility index (Phi) is 3.14. The highest BCUT2D eigenvalue weighted by molar-refractivity contribution is 5.04. The van der Waals surface area contributed by atoms with Gasteiger partial charge in [0.05, 0.1) is 18.3 Å². The van der Waals surface area contributed by atoms with Gasteiger partial charge in [0.1, 0.15) is 0 Å². The van der Waals surface area contributed by atoms with Gasteiger partial charge in [-0.2, -0.15) is 0 Å². The van der Waals surface area contributed by atoms with Crippen molar-refractivity contribution in [2.45, 2.75) is 46.0 Å². The van der Waals surface area contributed by atoms with Gasteiger partial charge in [-0.15, -0.1) is 0 Å². The molecule has 76 valence electrons. The number of ether oxygens (including phenoxy) is 1. The summed E-state index contributed by atoms with van der Waals surface area (Å²) in [6, 6.07) is 0. The van der Waals surface area contributed by atoms with Crippen molar-refractivity contribution >= 4 is 0 Å². The van der Waals surface area contributed by atoms with Crippen LogP contribution in [0.2, 0.25) is 0 Å². The summed E-state index contributed by atoms with van der Waals surface area (Å²) in [6.07, 6.45) is -0.0411. The smallest absolute Gasteiger partial charge is 0.0801 e. The van der Waals surface area contributed by atoms with Crippen LogP contribution in [0, 0.1) is 11.8 Å². The average Bonchev–Trinajstić information content (AvgIpc) is 2.26. The van der Waals surface area contributed by atoms with Gasteiger partial charge in [-0.3, -0.25) is 0 Å². The van der Waals surface area contributed by atoms with E-state index in [9.17, 15) is 5.11 Å². The topological polar surface area (TPSA) is 29.5 Å². The highest BCUT2D eigenvalue weighted by atomic mass is 16.5. The molecular formula is C11H20O2. The van der Waals surface area contributed by atoms with Gasteiger partial charge in [-0.05, 0) is 26.7 Å². The fraction of sp³-hybridized carbons (Fsp3) is 0.818. The van der Waals surface area contributed by atoms with E-state index >= 15 is 0 Å². The van der Waals surface area contributed by atoms with Crippen LogP contribution in [-0.4, -0.2) is 23.4 Å².